The first-order valence-corrected chi connectivity index (χ1v) is 10.2. The predicted molar refractivity (Wildman–Crippen MR) is 121 cm³/mol. The molecular weight excluding hydrogens is 493 g/mol. The van der Waals surface area contributed by atoms with Gasteiger partial charge in [-0.05, 0) is 50.5 Å². The van der Waals surface area contributed by atoms with E-state index < -0.39 is 0 Å². The Hall–Kier alpha value is -0.890. The van der Waals surface area contributed by atoms with Crippen LogP contribution in [-0.4, -0.2) is 43.0 Å². The second-order valence-corrected chi connectivity index (χ2v) is 8.76. The Labute approximate surface area is 186 Å². The summed E-state index contributed by atoms with van der Waals surface area (Å²) in [5, 5.41) is 1.48. The van der Waals surface area contributed by atoms with Gasteiger partial charge in [0.15, 0.2) is 5.13 Å². The van der Waals surface area contributed by atoms with Gasteiger partial charge in [0.05, 0.1) is 20.8 Å². The lowest BCUT2D eigenvalue weighted by Crippen LogP contribution is -2.36. The number of hydrogen-bond acceptors (Lipinski definition) is 4. The minimum atomic E-state index is -0.211. The Kier molecular flexibility index (Phi) is 7.92. The van der Waals surface area contributed by atoms with Crippen LogP contribution in [0.4, 0.5) is 5.13 Å². The minimum absolute atomic E-state index is 0. The fraction of sp³-hybridized carbons (Fsp3) is 0.222. The molecule has 2 aromatic carbocycles. The van der Waals surface area contributed by atoms with E-state index in [1.165, 1.54) is 11.3 Å². The molecule has 3 aromatic rings. The standard InChI is InChI=1S/C18H16BrCl2N3OS.ClH/c1-23(2)7-8-24(17(25)13-10-12(20)4-5-14(13)21)18-22-15-6-3-11(19)9-16(15)26-18;/h3-6,9-10H,7-8H2,1-2H3;1H. The van der Waals surface area contributed by atoms with Crippen molar-refractivity contribution in [1.82, 2.24) is 9.88 Å². The highest BCUT2D eigenvalue weighted by Crippen LogP contribution is 2.32. The lowest BCUT2D eigenvalue weighted by molar-refractivity contribution is 0.0985. The summed E-state index contributed by atoms with van der Waals surface area (Å²) < 4.78 is 1.98. The molecule has 0 aliphatic carbocycles. The number of fused-ring (bicyclic) bond motifs is 1. The number of benzene rings is 2. The van der Waals surface area contributed by atoms with Gasteiger partial charge >= 0.3 is 0 Å². The number of thiazole rings is 1. The zero-order valence-electron chi connectivity index (χ0n) is 14.6. The summed E-state index contributed by atoms with van der Waals surface area (Å²) >= 11 is 17.3. The van der Waals surface area contributed by atoms with E-state index in [4.69, 9.17) is 23.2 Å². The third-order valence-electron chi connectivity index (χ3n) is 3.74. The summed E-state index contributed by atoms with van der Waals surface area (Å²) in [7, 11) is 3.93. The van der Waals surface area contributed by atoms with Gasteiger partial charge in [0.25, 0.3) is 5.91 Å². The van der Waals surface area contributed by atoms with Crippen LogP contribution in [0, 0.1) is 0 Å². The first-order valence-electron chi connectivity index (χ1n) is 7.83. The van der Waals surface area contributed by atoms with Crippen molar-refractivity contribution < 1.29 is 4.79 Å². The van der Waals surface area contributed by atoms with E-state index in [1.807, 2.05) is 37.2 Å². The van der Waals surface area contributed by atoms with Crippen molar-refractivity contribution in [3.8, 4) is 0 Å². The van der Waals surface area contributed by atoms with E-state index in [0.717, 1.165) is 14.7 Å². The first-order chi connectivity index (χ1) is 12.3. The zero-order chi connectivity index (χ0) is 18.8. The second-order valence-electron chi connectivity index (χ2n) is 5.99. The Morgan fingerprint density at radius 2 is 1.89 bits per heavy atom. The smallest absolute Gasteiger partial charge is 0.261 e. The number of likely N-dealkylation sites (N-methyl/N-ethyl adjacent to an activating group) is 1. The molecule has 0 N–H and O–H groups in total. The molecule has 27 heavy (non-hydrogen) atoms. The van der Waals surface area contributed by atoms with Gasteiger partial charge < -0.3 is 4.90 Å². The molecule has 4 nitrogen and oxygen atoms in total. The van der Waals surface area contributed by atoms with Gasteiger partial charge in [-0.15, -0.1) is 12.4 Å². The summed E-state index contributed by atoms with van der Waals surface area (Å²) in [6, 6.07) is 10.8. The molecule has 0 radical (unpaired) electrons. The molecule has 0 atom stereocenters. The molecule has 0 aliphatic heterocycles. The van der Waals surface area contributed by atoms with Crippen molar-refractivity contribution in [2.75, 3.05) is 32.1 Å². The molecule has 1 amide bonds. The average molecular weight is 510 g/mol. The van der Waals surface area contributed by atoms with Gasteiger partial charge in [-0.2, -0.15) is 0 Å². The monoisotopic (exact) mass is 507 g/mol. The Morgan fingerprint density at radius 3 is 2.59 bits per heavy atom. The number of anilines is 1. The van der Waals surface area contributed by atoms with Crippen LogP contribution >= 0.6 is 62.9 Å². The van der Waals surface area contributed by atoms with Gasteiger partial charge in [0, 0.05) is 22.6 Å². The molecule has 0 aliphatic rings. The Bertz CT molecular complexity index is 964. The molecule has 0 saturated heterocycles. The van der Waals surface area contributed by atoms with Crippen molar-refractivity contribution in [3.05, 3.63) is 56.5 Å². The maximum atomic E-state index is 13.2. The lowest BCUT2D eigenvalue weighted by Gasteiger charge is -2.22. The Morgan fingerprint density at radius 1 is 1.15 bits per heavy atom. The minimum Gasteiger partial charge on any atom is -0.308 e. The van der Waals surface area contributed by atoms with Crippen LogP contribution in [0.5, 0.6) is 0 Å². The molecule has 1 aromatic heterocycles. The van der Waals surface area contributed by atoms with Crippen molar-refractivity contribution >= 4 is 84.1 Å². The van der Waals surface area contributed by atoms with E-state index in [9.17, 15) is 4.79 Å². The van der Waals surface area contributed by atoms with Gasteiger partial charge in [0.2, 0.25) is 0 Å². The molecule has 0 saturated carbocycles. The summed E-state index contributed by atoms with van der Waals surface area (Å²) in [5.41, 5.74) is 1.23. The summed E-state index contributed by atoms with van der Waals surface area (Å²) in [6.45, 7) is 1.19. The van der Waals surface area contributed by atoms with Crippen LogP contribution in [0.1, 0.15) is 10.4 Å². The van der Waals surface area contributed by atoms with Crippen molar-refractivity contribution in [3.63, 3.8) is 0 Å². The third kappa shape index (κ3) is 5.34. The highest BCUT2D eigenvalue weighted by Gasteiger charge is 2.23. The lowest BCUT2D eigenvalue weighted by atomic mass is 10.2. The molecule has 9 heteroatoms. The van der Waals surface area contributed by atoms with E-state index in [-0.39, 0.29) is 18.3 Å². The number of hydrogen-bond donors (Lipinski definition) is 0. The van der Waals surface area contributed by atoms with E-state index in [2.05, 4.69) is 20.9 Å². The van der Waals surface area contributed by atoms with Crippen molar-refractivity contribution in [1.29, 1.82) is 0 Å². The normalized spacial score (nSPS) is 10.9. The fourth-order valence-electron chi connectivity index (χ4n) is 2.39. The Balaban J connectivity index is 0.00000261. The van der Waals surface area contributed by atoms with Crippen LogP contribution in [-0.2, 0) is 0 Å². The van der Waals surface area contributed by atoms with Gasteiger partial charge in [-0.3, -0.25) is 9.69 Å². The van der Waals surface area contributed by atoms with Crippen LogP contribution in [0.2, 0.25) is 10.0 Å². The summed E-state index contributed by atoms with van der Waals surface area (Å²) in [5.74, 6) is -0.211. The number of aromatic nitrogens is 1. The molecule has 144 valence electrons. The second kappa shape index (κ2) is 9.54. The number of carbonyl (C=O) groups excluding carboxylic acids is 1. The molecule has 0 bridgehead atoms. The fourth-order valence-corrected chi connectivity index (χ4v) is 4.30. The van der Waals surface area contributed by atoms with Crippen LogP contribution in [0.25, 0.3) is 10.2 Å². The molecule has 1 heterocycles. The summed E-state index contributed by atoms with van der Waals surface area (Å²) in [4.78, 5) is 21.5. The van der Waals surface area contributed by atoms with Gasteiger partial charge in [0.1, 0.15) is 0 Å². The van der Waals surface area contributed by atoms with E-state index in [0.29, 0.717) is 33.8 Å². The highest BCUT2D eigenvalue weighted by molar-refractivity contribution is 9.10. The number of nitrogens with zero attached hydrogens (tertiary/aromatic N) is 3. The number of carbonyl (C=O) groups is 1. The van der Waals surface area contributed by atoms with Gasteiger partial charge in [-0.1, -0.05) is 50.5 Å². The van der Waals surface area contributed by atoms with E-state index >= 15 is 0 Å². The summed E-state index contributed by atoms with van der Waals surface area (Å²) in [6.07, 6.45) is 0. The quantitative estimate of drug-likeness (QED) is 0.424. The van der Waals surface area contributed by atoms with Crippen LogP contribution < -0.4 is 4.90 Å². The first kappa shape index (κ1) is 22.4. The highest BCUT2D eigenvalue weighted by atomic mass is 79.9. The number of amides is 1. The van der Waals surface area contributed by atoms with E-state index in [1.54, 1.807) is 23.1 Å². The van der Waals surface area contributed by atoms with Crippen molar-refractivity contribution in [2.24, 2.45) is 0 Å². The molecule has 0 fully saturated rings. The van der Waals surface area contributed by atoms with Crippen LogP contribution in [0.3, 0.4) is 0 Å². The van der Waals surface area contributed by atoms with Gasteiger partial charge in [-0.25, -0.2) is 4.98 Å². The zero-order valence-corrected chi connectivity index (χ0v) is 19.3. The van der Waals surface area contributed by atoms with Crippen LogP contribution in [0.15, 0.2) is 40.9 Å². The topological polar surface area (TPSA) is 36.4 Å². The number of halogens is 4. The third-order valence-corrected chi connectivity index (χ3v) is 5.84. The molecular formula is C18H17BrCl3N3OS. The molecule has 3 rings (SSSR count). The SMILES string of the molecule is CN(C)CCN(C(=O)c1cc(Cl)ccc1Cl)c1nc2ccc(Br)cc2s1.Cl. The largest absolute Gasteiger partial charge is 0.308 e. The maximum absolute atomic E-state index is 13.2. The predicted octanol–water partition coefficient (Wildman–Crippen LogP) is 6.00. The maximum Gasteiger partial charge on any atom is 0.261 e. The number of rotatable bonds is 5. The molecule has 0 spiro atoms. The average Bonchev–Trinajstić information content (AvgIpc) is 2.99. The molecule has 0 unspecified atom stereocenters. The van der Waals surface area contributed by atoms with Crippen molar-refractivity contribution in [2.45, 2.75) is 0 Å².